The molecule has 162 valence electrons. The van der Waals surface area contributed by atoms with Crippen LogP contribution in [-0.4, -0.2) is 44.6 Å². The Morgan fingerprint density at radius 2 is 1.88 bits per heavy atom. The third kappa shape index (κ3) is 3.49. The molecule has 1 N–H and O–H groups in total. The predicted molar refractivity (Wildman–Crippen MR) is 115 cm³/mol. The van der Waals surface area contributed by atoms with Crippen molar-refractivity contribution >= 4 is 17.4 Å². The van der Waals surface area contributed by atoms with Crippen molar-refractivity contribution < 1.29 is 24.2 Å². The van der Waals surface area contributed by atoms with Crippen LogP contribution in [-0.2, 0) is 16.1 Å². The number of hydrogen-bond donors (Lipinski definition) is 1. The highest BCUT2D eigenvalue weighted by molar-refractivity contribution is 6.46. The van der Waals surface area contributed by atoms with Gasteiger partial charge < -0.3 is 24.0 Å². The number of imidazole rings is 1. The second-order valence-corrected chi connectivity index (χ2v) is 7.63. The third-order valence-corrected chi connectivity index (χ3v) is 5.68. The average molecular weight is 431 g/mol. The molecule has 1 fully saturated rings. The molecule has 0 unspecified atom stereocenters. The van der Waals surface area contributed by atoms with Crippen LogP contribution in [0.3, 0.4) is 0 Å². The van der Waals surface area contributed by atoms with E-state index in [9.17, 15) is 14.7 Å². The number of amides is 1. The van der Waals surface area contributed by atoms with Gasteiger partial charge >= 0.3 is 0 Å². The molecule has 8 heteroatoms. The van der Waals surface area contributed by atoms with Crippen LogP contribution >= 0.6 is 0 Å². The predicted octanol–water partition coefficient (Wildman–Crippen LogP) is 3.12. The molecule has 1 saturated heterocycles. The molecule has 1 amide bonds. The summed E-state index contributed by atoms with van der Waals surface area (Å²) in [6, 6.07) is 13.5. The zero-order chi connectivity index (χ0) is 22.1. The monoisotopic (exact) mass is 431 g/mol. The fourth-order valence-electron chi connectivity index (χ4n) is 4.13. The largest absolute Gasteiger partial charge is 0.507 e. The SMILES string of the molecule is O=C1C(=O)N(CCCn2ccnc2)[C@H](c2ccccc2)C1=C(O)c1ccc2c(c1)OCO2. The number of aliphatic hydroxyl groups is 1. The second-order valence-electron chi connectivity index (χ2n) is 7.63. The molecule has 0 radical (unpaired) electrons. The lowest BCUT2D eigenvalue weighted by atomic mass is 9.95. The van der Waals surface area contributed by atoms with Gasteiger partial charge in [0.15, 0.2) is 11.5 Å². The number of aliphatic hydroxyl groups excluding tert-OH is 1. The summed E-state index contributed by atoms with van der Waals surface area (Å²) in [7, 11) is 0. The smallest absolute Gasteiger partial charge is 0.295 e. The molecule has 0 bridgehead atoms. The van der Waals surface area contributed by atoms with Crippen molar-refractivity contribution in [1.29, 1.82) is 0 Å². The minimum Gasteiger partial charge on any atom is -0.507 e. The number of aryl methyl sites for hydroxylation is 1. The number of likely N-dealkylation sites (tertiary alicyclic amines) is 1. The van der Waals surface area contributed by atoms with E-state index in [1.54, 1.807) is 30.7 Å². The number of nitrogens with zero attached hydrogens (tertiary/aromatic N) is 3. The van der Waals surface area contributed by atoms with Crippen molar-refractivity contribution in [2.45, 2.75) is 19.0 Å². The molecule has 0 spiro atoms. The second kappa shape index (κ2) is 8.22. The highest BCUT2D eigenvalue weighted by atomic mass is 16.7. The minimum atomic E-state index is -0.698. The lowest BCUT2D eigenvalue weighted by Gasteiger charge is -2.25. The Labute approximate surface area is 184 Å². The number of aromatic nitrogens is 2. The minimum absolute atomic E-state index is 0.0719. The summed E-state index contributed by atoms with van der Waals surface area (Å²) < 4.78 is 12.6. The van der Waals surface area contributed by atoms with Crippen LogP contribution in [0.2, 0.25) is 0 Å². The van der Waals surface area contributed by atoms with Crippen molar-refractivity contribution in [2.75, 3.05) is 13.3 Å². The molecule has 2 aromatic carbocycles. The lowest BCUT2D eigenvalue weighted by Crippen LogP contribution is -2.31. The van der Waals surface area contributed by atoms with Crippen molar-refractivity contribution in [2.24, 2.45) is 0 Å². The van der Waals surface area contributed by atoms with Crippen LogP contribution < -0.4 is 9.47 Å². The van der Waals surface area contributed by atoms with E-state index >= 15 is 0 Å². The normalized spacial score (nSPS) is 19.0. The van der Waals surface area contributed by atoms with Gasteiger partial charge in [-0.15, -0.1) is 0 Å². The molecule has 32 heavy (non-hydrogen) atoms. The maximum Gasteiger partial charge on any atom is 0.295 e. The first-order valence-electron chi connectivity index (χ1n) is 10.3. The molecule has 2 aliphatic heterocycles. The van der Waals surface area contributed by atoms with Gasteiger partial charge in [0.05, 0.1) is 17.9 Å². The van der Waals surface area contributed by atoms with E-state index in [1.807, 2.05) is 41.1 Å². The number of Topliss-reactive ketones (excluding diaryl/α,β-unsaturated/α-hetero) is 1. The number of benzene rings is 2. The van der Waals surface area contributed by atoms with E-state index in [4.69, 9.17) is 9.47 Å². The maximum absolute atomic E-state index is 13.1. The molecule has 5 rings (SSSR count). The van der Waals surface area contributed by atoms with E-state index in [-0.39, 0.29) is 18.1 Å². The van der Waals surface area contributed by atoms with Crippen LogP contribution in [0.25, 0.3) is 5.76 Å². The summed E-state index contributed by atoms with van der Waals surface area (Å²) in [6.07, 6.45) is 5.89. The average Bonchev–Trinajstić information content (AvgIpc) is 3.55. The van der Waals surface area contributed by atoms with Crippen LogP contribution in [0.15, 0.2) is 72.8 Å². The van der Waals surface area contributed by atoms with Crippen LogP contribution in [0, 0.1) is 0 Å². The Balaban J connectivity index is 1.52. The van der Waals surface area contributed by atoms with Gasteiger partial charge in [0.25, 0.3) is 11.7 Å². The summed E-state index contributed by atoms with van der Waals surface area (Å²) in [6.45, 7) is 1.12. The van der Waals surface area contributed by atoms with Crippen LogP contribution in [0.5, 0.6) is 11.5 Å². The molecule has 1 aromatic heterocycles. The van der Waals surface area contributed by atoms with Crippen molar-refractivity contribution in [3.63, 3.8) is 0 Å². The van der Waals surface area contributed by atoms with E-state index in [2.05, 4.69) is 4.98 Å². The first-order chi connectivity index (χ1) is 15.6. The number of rotatable bonds is 6. The lowest BCUT2D eigenvalue weighted by molar-refractivity contribution is -0.139. The fraction of sp³-hybridized carbons (Fsp3) is 0.208. The number of carbonyl (C=O) groups excluding carboxylic acids is 2. The number of fused-ring (bicyclic) bond motifs is 1. The number of hydrogen-bond acceptors (Lipinski definition) is 6. The summed E-state index contributed by atoms with van der Waals surface area (Å²) in [5.41, 5.74) is 1.23. The van der Waals surface area contributed by atoms with Gasteiger partial charge in [-0.05, 0) is 30.2 Å². The standard InChI is InChI=1S/C24H21N3O5/c28-22(17-7-8-18-19(13-17)32-15-31-18)20-21(16-5-2-1-3-6-16)27(24(30)23(20)29)11-4-10-26-12-9-25-14-26/h1-3,5-9,12-14,21,28H,4,10-11,15H2/t21-/m1/s1. The summed E-state index contributed by atoms with van der Waals surface area (Å²) in [5, 5.41) is 11.1. The Bertz CT molecular complexity index is 1190. The van der Waals surface area contributed by atoms with E-state index < -0.39 is 17.7 Å². The van der Waals surface area contributed by atoms with E-state index in [1.165, 1.54) is 4.90 Å². The summed E-state index contributed by atoms with van der Waals surface area (Å²) >= 11 is 0. The quantitative estimate of drug-likeness (QED) is 0.366. The topological polar surface area (TPSA) is 93.9 Å². The molecular weight excluding hydrogens is 410 g/mol. The van der Waals surface area contributed by atoms with Crippen molar-refractivity contribution in [3.8, 4) is 11.5 Å². The highest BCUT2D eigenvalue weighted by Gasteiger charge is 2.45. The summed E-state index contributed by atoms with van der Waals surface area (Å²) in [5.74, 6) is -0.489. The van der Waals surface area contributed by atoms with Crippen molar-refractivity contribution in [3.05, 3.63) is 84.0 Å². The fourth-order valence-corrected chi connectivity index (χ4v) is 4.13. The maximum atomic E-state index is 13.1. The molecule has 3 heterocycles. The third-order valence-electron chi connectivity index (χ3n) is 5.68. The van der Waals surface area contributed by atoms with Gasteiger partial charge in [-0.2, -0.15) is 0 Å². The van der Waals surface area contributed by atoms with Gasteiger partial charge in [-0.25, -0.2) is 4.98 Å². The molecular formula is C24H21N3O5. The van der Waals surface area contributed by atoms with Gasteiger partial charge in [-0.3, -0.25) is 9.59 Å². The Kier molecular flexibility index (Phi) is 5.10. The van der Waals surface area contributed by atoms with Crippen LogP contribution in [0.4, 0.5) is 0 Å². The summed E-state index contributed by atoms with van der Waals surface area (Å²) in [4.78, 5) is 31.6. The molecule has 1 atom stereocenters. The number of ketones is 1. The van der Waals surface area contributed by atoms with Crippen molar-refractivity contribution in [1.82, 2.24) is 14.5 Å². The van der Waals surface area contributed by atoms with Gasteiger partial charge in [0, 0.05) is 31.0 Å². The Morgan fingerprint density at radius 1 is 1.06 bits per heavy atom. The first kappa shape index (κ1) is 19.9. The van der Waals surface area contributed by atoms with Crippen LogP contribution in [0.1, 0.15) is 23.6 Å². The van der Waals surface area contributed by atoms with E-state index in [0.717, 1.165) is 5.56 Å². The number of ether oxygens (including phenoxy) is 2. The van der Waals surface area contributed by atoms with Gasteiger partial charge in [0.1, 0.15) is 5.76 Å². The number of carbonyl (C=O) groups is 2. The molecule has 0 saturated carbocycles. The van der Waals surface area contributed by atoms with Gasteiger partial charge in [0.2, 0.25) is 6.79 Å². The molecule has 8 nitrogen and oxygen atoms in total. The van der Waals surface area contributed by atoms with Gasteiger partial charge in [-0.1, -0.05) is 30.3 Å². The Morgan fingerprint density at radius 3 is 2.66 bits per heavy atom. The molecule has 3 aromatic rings. The zero-order valence-corrected chi connectivity index (χ0v) is 17.2. The highest BCUT2D eigenvalue weighted by Crippen LogP contribution is 2.41. The molecule has 2 aliphatic rings. The zero-order valence-electron chi connectivity index (χ0n) is 17.2. The molecule has 0 aliphatic carbocycles. The Hall–Kier alpha value is -4.07. The first-order valence-corrected chi connectivity index (χ1v) is 10.3. The van der Waals surface area contributed by atoms with E-state index in [0.29, 0.717) is 36.6 Å².